The minimum atomic E-state index is -4.59. The Kier molecular flexibility index (Phi) is 24.7. The summed E-state index contributed by atoms with van der Waals surface area (Å²) in [6.07, 6.45) is -0.350. The zero-order valence-electron chi connectivity index (χ0n) is 34.0. The molecule has 0 radical (unpaired) electrons. The SMILES string of the molecule is C=C1CC#CC#CCC(=C)COC[C@H](COP(=O)([O-])OCC[N+](C)(C)C)OCC(=C)CC#CC#CCC(=C)CO[C@@H](COP(=O)([O-])OCC[N+](C)(C)C)COC1. The lowest BCUT2D eigenvalue weighted by Crippen LogP contribution is -2.37. The minimum Gasteiger partial charge on any atom is -0.756 e. The van der Waals surface area contributed by atoms with Crippen molar-refractivity contribution < 1.29 is 64.9 Å². The average molecular weight is 823 g/mol. The van der Waals surface area contributed by atoms with E-state index in [0.29, 0.717) is 57.2 Å². The molecule has 2 unspecified atom stereocenters. The Morgan fingerprint density at radius 3 is 1.18 bits per heavy atom. The van der Waals surface area contributed by atoms with Crippen LogP contribution in [0.4, 0.5) is 0 Å². The summed E-state index contributed by atoms with van der Waals surface area (Å²) >= 11 is 0. The van der Waals surface area contributed by atoms with Crippen molar-refractivity contribution >= 4 is 15.6 Å². The number of rotatable bonds is 14. The third-order valence-corrected chi connectivity index (χ3v) is 8.89. The van der Waals surface area contributed by atoms with E-state index in [9.17, 15) is 18.9 Å². The van der Waals surface area contributed by atoms with Gasteiger partial charge in [-0.2, -0.15) is 0 Å². The van der Waals surface area contributed by atoms with Gasteiger partial charge in [0.05, 0.1) is 95.1 Å². The highest BCUT2D eigenvalue weighted by Crippen LogP contribution is 2.39. The molecule has 1 aliphatic heterocycles. The van der Waals surface area contributed by atoms with Gasteiger partial charge in [0, 0.05) is 25.7 Å². The van der Waals surface area contributed by atoms with Gasteiger partial charge in [-0.25, -0.2) is 0 Å². The standard InChI is InChI=1S/C40H60N2O12P2/c1-35-19-15-11-12-16-20-36(2)28-48-32-40(34-54-56(45,46)52-26-24-42(8,9)10)50-30-38(4)22-18-14-13-17-21-37(3)29-49-39(31-47-27-35)33-53-55(43,44)51-25-23-41(5,6)7/h39-40H,1-4,19-34H2,5-10H3/t39-,40-/m1/s1. The molecule has 1 heterocycles. The van der Waals surface area contributed by atoms with E-state index in [-0.39, 0.29) is 78.9 Å². The fourth-order valence-electron chi connectivity index (χ4n) is 3.76. The molecule has 0 aromatic carbocycles. The normalized spacial score (nSPS) is 21.5. The second-order valence-electron chi connectivity index (χ2n) is 15.0. The first kappa shape index (κ1) is 51.2. The fourth-order valence-corrected chi connectivity index (χ4v) is 5.22. The van der Waals surface area contributed by atoms with Gasteiger partial charge in [0.25, 0.3) is 15.6 Å². The highest BCUT2D eigenvalue weighted by Gasteiger charge is 2.20. The number of hydrogen-bond donors (Lipinski definition) is 0. The summed E-state index contributed by atoms with van der Waals surface area (Å²) in [6, 6.07) is 0. The Morgan fingerprint density at radius 2 is 0.875 bits per heavy atom. The molecule has 4 atom stereocenters. The number of likely N-dealkylation sites (N-methyl/N-ethyl adjacent to an activating group) is 2. The Labute approximate surface area is 335 Å². The summed E-state index contributed by atoms with van der Waals surface area (Å²) in [5.41, 5.74) is 2.61. The van der Waals surface area contributed by atoms with Crippen LogP contribution in [0.1, 0.15) is 25.7 Å². The van der Waals surface area contributed by atoms with E-state index in [4.69, 9.17) is 37.0 Å². The van der Waals surface area contributed by atoms with E-state index in [1.807, 2.05) is 42.3 Å². The number of nitrogens with zero attached hydrogens (tertiary/aromatic N) is 2. The van der Waals surface area contributed by atoms with Crippen molar-refractivity contribution in [1.82, 2.24) is 0 Å². The Hall–Kier alpha value is -2.82. The van der Waals surface area contributed by atoms with Crippen LogP contribution >= 0.6 is 15.6 Å². The second kappa shape index (κ2) is 27.0. The van der Waals surface area contributed by atoms with Crippen LogP contribution in [0.2, 0.25) is 0 Å². The first-order chi connectivity index (χ1) is 26.1. The van der Waals surface area contributed by atoms with E-state index in [1.165, 1.54) is 0 Å². The lowest BCUT2D eigenvalue weighted by molar-refractivity contribution is -0.870. The number of ether oxygens (including phenoxy) is 4. The molecular formula is C40H60N2O12P2. The highest BCUT2D eigenvalue weighted by atomic mass is 31.2. The molecule has 1 aliphatic rings. The molecule has 312 valence electrons. The molecule has 0 aliphatic carbocycles. The lowest BCUT2D eigenvalue weighted by Gasteiger charge is -2.28. The van der Waals surface area contributed by atoms with Crippen molar-refractivity contribution in [3.63, 3.8) is 0 Å². The fraction of sp³-hybridized carbons (Fsp3) is 0.600. The molecule has 0 bridgehead atoms. The zero-order chi connectivity index (χ0) is 42.1. The Balaban J connectivity index is 2.96. The molecule has 14 nitrogen and oxygen atoms in total. The molecule has 0 fully saturated rings. The van der Waals surface area contributed by atoms with Crippen molar-refractivity contribution in [2.75, 3.05) is 121 Å². The molecule has 0 saturated carbocycles. The van der Waals surface area contributed by atoms with Gasteiger partial charge in [0.1, 0.15) is 38.5 Å². The monoisotopic (exact) mass is 822 g/mol. The van der Waals surface area contributed by atoms with Gasteiger partial charge in [-0.3, -0.25) is 9.13 Å². The topological polar surface area (TPSA) is 154 Å². The molecule has 1 rings (SSSR count). The summed E-state index contributed by atoms with van der Waals surface area (Å²) in [5.74, 6) is 22.7. The first-order valence-corrected chi connectivity index (χ1v) is 20.8. The Bertz CT molecular complexity index is 1530. The minimum absolute atomic E-state index is 0.00608. The average Bonchev–Trinajstić information content (AvgIpc) is 3.07. The molecule has 0 amide bonds. The van der Waals surface area contributed by atoms with Crippen molar-refractivity contribution in [2.24, 2.45) is 0 Å². The lowest BCUT2D eigenvalue weighted by atomic mass is 10.2. The summed E-state index contributed by atoms with van der Waals surface area (Å²) in [5, 5.41) is 0. The summed E-state index contributed by atoms with van der Waals surface area (Å²) in [4.78, 5) is 24.8. The van der Waals surface area contributed by atoms with Crippen LogP contribution in [-0.2, 0) is 46.2 Å². The van der Waals surface area contributed by atoms with E-state index in [2.05, 4.69) is 73.7 Å². The predicted molar refractivity (Wildman–Crippen MR) is 212 cm³/mol. The summed E-state index contributed by atoms with van der Waals surface area (Å²) < 4.78 is 69.3. The van der Waals surface area contributed by atoms with E-state index in [1.54, 1.807) is 0 Å². The molecule has 0 aromatic heterocycles. The summed E-state index contributed by atoms with van der Waals surface area (Å²) in [7, 11) is 2.33. The van der Waals surface area contributed by atoms with Crippen LogP contribution in [-0.4, -0.2) is 143 Å². The zero-order valence-corrected chi connectivity index (χ0v) is 35.8. The summed E-state index contributed by atoms with van der Waals surface area (Å²) in [6.45, 7) is 16.6. The third-order valence-electron chi connectivity index (χ3n) is 6.96. The Morgan fingerprint density at radius 1 is 0.571 bits per heavy atom. The van der Waals surface area contributed by atoms with Gasteiger partial charge in [-0.1, -0.05) is 50.0 Å². The van der Waals surface area contributed by atoms with Gasteiger partial charge >= 0.3 is 0 Å². The smallest absolute Gasteiger partial charge is 0.268 e. The number of phosphoric ester groups is 2. The van der Waals surface area contributed by atoms with Crippen molar-refractivity contribution in [2.45, 2.75) is 37.9 Å². The molecule has 56 heavy (non-hydrogen) atoms. The number of hydrogen-bond acceptors (Lipinski definition) is 12. The molecule has 0 N–H and O–H groups in total. The number of phosphoric acid groups is 2. The van der Waals surface area contributed by atoms with E-state index < -0.39 is 27.9 Å². The van der Waals surface area contributed by atoms with Crippen molar-refractivity contribution in [1.29, 1.82) is 0 Å². The molecule has 16 heteroatoms. The quantitative estimate of drug-likeness (QED) is 0.110. The maximum atomic E-state index is 12.4. The van der Waals surface area contributed by atoms with Gasteiger partial charge in [-0.05, 0) is 46.0 Å². The van der Waals surface area contributed by atoms with Gasteiger partial charge in [-0.15, -0.1) is 0 Å². The molecule has 0 spiro atoms. The largest absolute Gasteiger partial charge is 0.756 e. The van der Waals surface area contributed by atoms with E-state index in [0.717, 1.165) is 0 Å². The van der Waals surface area contributed by atoms with Gasteiger partial charge < -0.3 is 55.8 Å². The molecule has 0 aromatic rings. The van der Waals surface area contributed by atoms with Crippen LogP contribution < -0.4 is 9.79 Å². The maximum Gasteiger partial charge on any atom is 0.268 e. The highest BCUT2D eigenvalue weighted by molar-refractivity contribution is 7.46. The van der Waals surface area contributed by atoms with Crippen LogP contribution in [0.5, 0.6) is 0 Å². The second-order valence-corrected chi connectivity index (χ2v) is 17.8. The van der Waals surface area contributed by atoms with Crippen molar-refractivity contribution in [3.05, 3.63) is 48.6 Å². The third kappa shape index (κ3) is 30.3. The van der Waals surface area contributed by atoms with Crippen LogP contribution in [0.25, 0.3) is 0 Å². The predicted octanol–water partition coefficient (Wildman–Crippen LogP) is 3.02. The van der Waals surface area contributed by atoms with E-state index >= 15 is 0 Å². The van der Waals surface area contributed by atoms with Crippen LogP contribution in [0, 0.1) is 47.4 Å². The van der Waals surface area contributed by atoms with Crippen LogP contribution in [0.3, 0.4) is 0 Å². The molecular weight excluding hydrogens is 762 g/mol. The van der Waals surface area contributed by atoms with Crippen LogP contribution in [0.15, 0.2) is 48.6 Å². The van der Waals surface area contributed by atoms with Gasteiger partial charge in [0.2, 0.25) is 0 Å². The number of quaternary nitrogens is 2. The maximum absolute atomic E-state index is 12.4. The van der Waals surface area contributed by atoms with Gasteiger partial charge in [0.15, 0.2) is 0 Å². The van der Waals surface area contributed by atoms with Crippen molar-refractivity contribution in [3.8, 4) is 47.4 Å². The first-order valence-electron chi connectivity index (χ1n) is 17.9. The molecule has 0 saturated heterocycles.